The highest BCUT2D eigenvalue weighted by atomic mass is 32.1. The van der Waals surface area contributed by atoms with E-state index in [1.165, 1.54) is 11.3 Å². The molecule has 5 nitrogen and oxygen atoms in total. The summed E-state index contributed by atoms with van der Waals surface area (Å²) in [7, 11) is 0. The molecule has 1 aliphatic rings. The van der Waals surface area contributed by atoms with E-state index in [4.69, 9.17) is 4.74 Å². The van der Waals surface area contributed by atoms with Gasteiger partial charge in [0.15, 0.2) is 5.13 Å². The lowest BCUT2D eigenvalue weighted by Gasteiger charge is -2.41. The minimum Gasteiger partial charge on any atom is -0.477 e. The molecule has 1 aromatic rings. The zero-order valence-electron chi connectivity index (χ0n) is 13.6. The summed E-state index contributed by atoms with van der Waals surface area (Å²) in [4.78, 5) is 18.6. The molecule has 1 aliphatic heterocycles. The van der Waals surface area contributed by atoms with Gasteiger partial charge in [-0.3, -0.25) is 0 Å². The highest BCUT2D eigenvalue weighted by molar-refractivity contribution is 7.17. The fourth-order valence-electron chi connectivity index (χ4n) is 2.70. The number of carboxylic acid groups (broad SMARTS) is 1. The molecule has 1 atom stereocenters. The van der Waals surface area contributed by atoms with Crippen LogP contribution in [0, 0.1) is 0 Å². The predicted molar refractivity (Wildman–Crippen MR) is 84.6 cm³/mol. The molecule has 0 spiro atoms. The molecule has 1 N–H and O–H groups in total. The zero-order chi connectivity index (χ0) is 16.0. The average Bonchev–Trinajstić information content (AvgIpc) is 2.70. The summed E-state index contributed by atoms with van der Waals surface area (Å²) in [6.45, 7) is 13.5. The molecule has 1 saturated heterocycles. The first-order valence-corrected chi connectivity index (χ1v) is 7.98. The number of anilines is 1. The number of carboxylic acids is 1. The third-order valence-corrected chi connectivity index (χ3v) is 4.46. The van der Waals surface area contributed by atoms with Gasteiger partial charge in [0.1, 0.15) is 4.88 Å². The van der Waals surface area contributed by atoms with Gasteiger partial charge < -0.3 is 14.7 Å². The molecule has 0 saturated carbocycles. The van der Waals surface area contributed by atoms with Crippen molar-refractivity contribution >= 4 is 22.4 Å². The Labute approximate surface area is 129 Å². The van der Waals surface area contributed by atoms with Crippen molar-refractivity contribution in [2.75, 3.05) is 18.0 Å². The maximum absolute atomic E-state index is 11.5. The first kappa shape index (κ1) is 16.2. The van der Waals surface area contributed by atoms with Crippen molar-refractivity contribution in [2.45, 2.75) is 58.7 Å². The van der Waals surface area contributed by atoms with Gasteiger partial charge in [-0.15, -0.1) is 0 Å². The molecule has 0 bridgehead atoms. The smallest absolute Gasteiger partial charge is 0.347 e. The number of aromatic carboxylic acids is 1. The lowest BCUT2D eigenvalue weighted by atomic mass is 9.91. The number of hydrogen-bond acceptors (Lipinski definition) is 5. The Balaban J connectivity index is 2.39. The quantitative estimate of drug-likeness (QED) is 0.909. The normalized spacial score (nSPS) is 22.4. The molecule has 0 aliphatic carbocycles. The molecular weight excluding hydrogens is 288 g/mol. The van der Waals surface area contributed by atoms with Crippen LogP contribution in [0.3, 0.4) is 0 Å². The van der Waals surface area contributed by atoms with Crippen LogP contribution in [0.2, 0.25) is 0 Å². The van der Waals surface area contributed by atoms with Crippen molar-refractivity contribution < 1.29 is 14.6 Å². The van der Waals surface area contributed by atoms with Crippen molar-refractivity contribution in [1.82, 2.24) is 4.98 Å². The molecule has 0 amide bonds. The number of thiazole rings is 1. The van der Waals surface area contributed by atoms with E-state index in [1.807, 2.05) is 41.5 Å². The van der Waals surface area contributed by atoms with E-state index in [9.17, 15) is 9.90 Å². The van der Waals surface area contributed by atoms with Crippen LogP contribution in [0.1, 0.15) is 56.9 Å². The molecule has 1 unspecified atom stereocenters. The average molecular weight is 312 g/mol. The fourth-order valence-corrected chi connectivity index (χ4v) is 3.82. The van der Waals surface area contributed by atoms with Gasteiger partial charge in [-0.05, 0) is 20.8 Å². The molecule has 0 aromatic carbocycles. The van der Waals surface area contributed by atoms with E-state index in [0.717, 1.165) is 11.7 Å². The van der Waals surface area contributed by atoms with Gasteiger partial charge in [-0.1, -0.05) is 32.1 Å². The third-order valence-electron chi connectivity index (χ3n) is 3.36. The summed E-state index contributed by atoms with van der Waals surface area (Å²) in [5.74, 6) is -0.899. The van der Waals surface area contributed by atoms with Gasteiger partial charge in [0.05, 0.1) is 17.4 Å². The summed E-state index contributed by atoms with van der Waals surface area (Å²) in [5.41, 5.74) is 0.122. The molecule has 21 heavy (non-hydrogen) atoms. The van der Waals surface area contributed by atoms with Crippen molar-refractivity contribution in [3.8, 4) is 0 Å². The third kappa shape index (κ3) is 3.55. The van der Waals surface area contributed by atoms with Gasteiger partial charge in [0.2, 0.25) is 0 Å². The Kier molecular flexibility index (Phi) is 4.06. The minimum absolute atomic E-state index is 0.101. The van der Waals surface area contributed by atoms with Crippen LogP contribution in [-0.2, 0) is 10.2 Å². The molecule has 118 valence electrons. The molecule has 1 aromatic heterocycles. The maximum atomic E-state index is 11.5. The Hall–Kier alpha value is -1.14. The standard InChI is InChI=1S/C15H24N2O3S/c1-9-7-17(8-15(5,6)20-9)13-16-11(14(2,3)4)10(21-13)12(18)19/h9H,7-8H2,1-6H3,(H,18,19). The number of rotatable bonds is 2. The Morgan fingerprint density at radius 2 is 2.10 bits per heavy atom. The van der Waals surface area contributed by atoms with Gasteiger partial charge in [0.25, 0.3) is 0 Å². The fraction of sp³-hybridized carbons (Fsp3) is 0.733. The van der Waals surface area contributed by atoms with Crippen LogP contribution < -0.4 is 4.90 Å². The van der Waals surface area contributed by atoms with Crippen LogP contribution in [0.5, 0.6) is 0 Å². The summed E-state index contributed by atoms with van der Waals surface area (Å²) in [6.07, 6.45) is 0.101. The number of carbonyl (C=O) groups is 1. The Bertz CT molecular complexity index is 546. The second kappa shape index (κ2) is 5.25. The van der Waals surface area contributed by atoms with E-state index < -0.39 is 5.97 Å². The number of ether oxygens (including phenoxy) is 1. The van der Waals surface area contributed by atoms with Crippen LogP contribution in [0.4, 0.5) is 5.13 Å². The summed E-state index contributed by atoms with van der Waals surface area (Å²) >= 11 is 1.26. The van der Waals surface area contributed by atoms with Crippen LogP contribution in [0.15, 0.2) is 0 Å². The van der Waals surface area contributed by atoms with Crippen molar-refractivity contribution in [3.05, 3.63) is 10.6 Å². The van der Waals surface area contributed by atoms with Crippen LogP contribution >= 0.6 is 11.3 Å². The summed E-state index contributed by atoms with van der Waals surface area (Å²) < 4.78 is 5.90. The van der Waals surface area contributed by atoms with Crippen molar-refractivity contribution in [3.63, 3.8) is 0 Å². The molecule has 6 heteroatoms. The highest BCUT2D eigenvalue weighted by Gasteiger charge is 2.35. The Morgan fingerprint density at radius 1 is 1.48 bits per heavy atom. The first-order valence-electron chi connectivity index (χ1n) is 7.17. The van der Waals surface area contributed by atoms with E-state index in [1.54, 1.807) is 0 Å². The van der Waals surface area contributed by atoms with Gasteiger partial charge >= 0.3 is 5.97 Å². The van der Waals surface area contributed by atoms with Gasteiger partial charge in [-0.25, -0.2) is 9.78 Å². The first-order chi connectivity index (χ1) is 9.49. The molecule has 1 fully saturated rings. The monoisotopic (exact) mass is 312 g/mol. The number of morpholine rings is 1. The van der Waals surface area contributed by atoms with Crippen molar-refractivity contribution in [2.24, 2.45) is 0 Å². The number of nitrogens with zero attached hydrogens (tertiary/aromatic N) is 2. The van der Waals surface area contributed by atoms with Crippen LogP contribution in [-0.4, -0.2) is 40.9 Å². The predicted octanol–water partition coefficient (Wildman–Crippen LogP) is 3.14. The summed E-state index contributed by atoms with van der Waals surface area (Å²) in [6, 6.07) is 0. The van der Waals surface area contributed by atoms with E-state index in [2.05, 4.69) is 9.88 Å². The topological polar surface area (TPSA) is 62.7 Å². The van der Waals surface area contributed by atoms with Gasteiger partial charge in [0, 0.05) is 18.5 Å². The number of aromatic nitrogens is 1. The van der Waals surface area contributed by atoms with E-state index >= 15 is 0 Å². The van der Waals surface area contributed by atoms with Crippen molar-refractivity contribution in [1.29, 1.82) is 0 Å². The highest BCUT2D eigenvalue weighted by Crippen LogP contribution is 2.36. The van der Waals surface area contributed by atoms with E-state index in [-0.39, 0.29) is 17.1 Å². The zero-order valence-corrected chi connectivity index (χ0v) is 14.4. The second-order valence-corrected chi connectivity index (χ2v) is 8.28. The molecule has 2 heterocycles. The van der Waals surface area contributed by atoms with E-state index in [0.29, 0.717) is 17.1 Å². The lowest BCUT2D eigenvalue weighted by molar-refractivity contribution is -0.0749. The maximum Gasteiger partial charge on any atom is 0.347 e. The van der Waals surface area contributed by atoms with Crippen LogP contribution in [0.25, 0.3) is 0 Å². The second-order valence-electron chi connectivity index (χ2n) is 7.30. The van der Waals surface area contributed by atoms with Gasteiger partial charge in [-0.2, -0.15) is 0 Å². The SMILES string of the molecule is CC1CN(c2nc(C(C)(C)C)c(C(=O)O)s2)CC(C)(C)O1. The molecule has 0 radical (unpaired) electrons. The largest absolute Gasteiger partial charge is 0.477 e. The minimum atomic E-state index is -0.899. The Morgan fingerprint density at radius 3 is 2.52 bits per heavy atom. The molecular formula is C15H24N2O3S. The summed E-state index contributed by atoms with van der Waals surface area (Å²) in [5, 5.41) is 10.2. The molecule has 2 rings (SSSR count). The number of hydrogen-bond donors (Lipinski definition) is 1. The lowest BCUT2D eigenvalue weighted by Crippen LogP contribution is -2.52.